The minimum atomic E-state index is -0.143. The minimum absolute atomic E-state index is 0.0120. The summed E-state index contributed by atoms with van der Waals surface area (Å²) in [7, 11) is 0. The summed E-state index contributed by atoms with van der Waals surface area (Å²) in [5.41, 5.74) is 2.94. The monoisotopic (exact) mass is 802 g/mol. The zero-order chi connectivity index (χ0) is 42.3. The third kappa shape index (κ3) is 9.47. The Morgan fingerprint density at radius 3 is 1.03 bits per heavy atom. The molecule has 0 bridgehead atoms. The molecule has 0 N–H and O–H groups in total. The molecular formula is C53H95N5. The fraction of sp³-hybridized carbons (Fsp3) is 0.925. The van der Waals surface area contributed by atoms with Crippen LogP contribution in [0.1, 0.15) is 206 Å². The topological polar surface area (TPSA) is 34.4 Å². The highest BCUT2D eigenvalue weighted by Crippen LogP contribution is 2.52. The summed E-state index contributed by atoms with van der Waals surface area (Å²) < 4.78 is 0. The molecule has 3 saturated carbocycles. The van der Waals surface area contributed by atoms with E-state index in [4.69, 9.17) is 16.6 Å². The van der Waals surface area contributed by atoms with Gasteiger partial charge in [-0.2, -0.15) is 0 Å². The van der Waals surface area contributed by atoms with Crippen LogP contribution in [0.2, 0.25) is 0 Å². The number of hydrogen-bond acceptors (Lipinski definition) is 4. The molecule has 0 radical (unpaired) electrons. The highest BCUT2D eigenvalue weighted by Gasteiger charge is 2.48. The van der Waals surface area contributed by atoms with E-state index < -0.39 is 0 Å². The van der Waals surface area contributed by atoms with Gasteiger partial charge in [0.2, 0.25) is 0 Å². The van der Waals surface area contributed by atoms with Crippen molar-refractivity contribution >= 4 is 11.5 Å². The van der Waals surface area contributed by atoms with E-state index in [0.29, 0.717) is 23.7 Å². The maximum Gasteiger partial charge on any atom is 0.134 e. The van der Waals surface area contributed by atoms with Crippen LogP contribution in [0.3, 0.4) is 0 Å². The number of allylic oxidation sites excluding steroid dienone is 1. The predicted octanol–water partition coefficient (Wildman–Crippen LogP) is 13.5. The zero-order valence-electron chi connectivity index (χ0n) is 40.9. The third-order valence-electron chi connectivity index (χ3n) is 19.6. The zero-order valence-corrected chi connectivity index (χ0v) is 40.9. The van der Waals surface area contributed by atoms with Crippen molar-refractivity contribution in [2.24, 2.45) is 61.7 Å². The fourth-order valence-corrected chi connectivity index (χ4v) is 13.7. The lowest BCUT2D eigenvalue weighted by molar-refractivity contribution is 0.0307. The first-order valence-corrected chi connectivity index (χ1v) is 25.2. The maximum atomic E-state index is 5.88. The van der Waals surface area contributed by atoms with E-state index in [2.05, 4.69) is 105 Å². The Balaban J connectivity index is 1.30. The van der Waals surface area contributed by atoms with Crippen LogP contribution >= 0.6 is 0 Å². The molecule has 0 aromatic rings. The Morgan fingerprint density at radius 2 is 0.690 bits per heavy atom. The van der Waals surface area contributed by atoms with E-state index in [0.717, 1.165) is 23.4 Å². The van der Waals surface area contributed by atoms with E-state index in [-0.39, 0.29) is 32.9 Å². The van der Waals surface area contributed by atoms with Crippen LogP contribution < -0.4 is 0 Å². The summed E-state index contributed by atoms with van der Waals surface area (Å²) in [6.45, 7) is 45.4. The highest BCUT2D eigenvalue weighted by atomic mass is 15.2. The predicted molar refractivity (Wildman–Crippen MR) is 252 cm³/mol. The van der Waals surface area contributed by atoms with Crippen molar-refractivity contribution in [3.05, 3.63) is 12.3 Å². The molecule has 5 nitrogen and oxygen atoms in total. The Morgan fingerprint density at radius 1 is 0.397 bits per heavy atom. The average molecular weight is 802 g/mol. The van der Waals surface area contributed by atoms with Gasteiger partial charge in [-0.3, -0.25) is 14.7 Å². The first kappa shape index (κ1) is 46.5. The largest absolute Gasteiger partial charge is 0.298 e. The van der Waals surface area contributed by atoms with Gasteiger partial charge in [0.15, 0.2) is 0 Å². The van der Waals surface area contributed by atoms with Gasteiger partial charge in [0.1, 0.15) is 5.84 Å². The summed E-state index contributed by atoms with van der Waals surface area (Å²) in [6.07, 6.45) is 24.0. The second kappa shape index (κ2) is 18.0. The molecule has 3 aliphatic carbocycles. The summed E-state index contributed by atoms with van der Waals surface area (Å²) in [6, 6.07) is 0. The van der Waals surface area contributed by atoms with E-state index in [9.17, 15) is 0 Å². The third-order valence-corrected chi connectivity index (χ3v) is 19.6. The summed E-state index contributed by atoms with van der Waals surface area (Å²) in [4.78, 5) is 20.1. The van der Waals surface area contributed by atoms with Crippen molar-refractivity contribution in [3.8, 4) is 0 Å². The maximum absolute atomic E-state index is 5.88. The molecule has 0 spiro atoms. The van der Waals surface area contributed by atoms with Crippen molar-refractivity contribution in [1.82, 2.24) is 14.7 Å². The van der Waals surface area contributed by atoms with E-state index in [1.165, 1.54) is 161 Å². The molecule has 332 valence electrons. The van der Waals surface area contributed by atoms with Crippen LogP contribution in [0.5, 0.6) is 0 Å². The quantitative estimate of drug-likeness (QED) is 0.137. The number of nitrogens with zero attached hydrogens (tertiary/aromatic N) is 5. The van der Waals surface area contributed by atoms with Crippen LogP contribution in [-0.2, 0) is 0 Å². The van der Waals surface area contributed by atoms with Crippen molar-refractivity contribution in [2.75, 3.05) is 39.3 Å². The molecule has 3 heterocycles. The lowest BCUT2D eigenvalue weighted by Gasteiger charge is -2.49. The molecule has 3 saturated heterocycles. The highest BCUT2D eigenvalue weighted by molar-refractivity contribution is 6.02. The lowest BCUT2D eigenvalue weighted by Crippen LogP contribution is -2.51. The van der Waals surface area contributed by atoms with Crippen LogP contribution in [0.4, 0.5) is 0 Å². The van der Waals surface area contributed by atoms with E-state index >= 15 is 0 Å². The van der Waals surface area contributed by atoms with Crippen LogP contribution in [0, 0.1) is 51.8 Å². The molecule has 0 amide bonds. The molecular weight excluding hydrogens is 707 g/mol. The van der Waals surface area contributed by atoms with E-state index in [1.54, 1.807) is 0 Å². The Labute approximate surface area is 360 Å². The molecule has 6 fully saturated rings. The minimum Gasteiger partial charge on any atom is -0.298 e. The second-order valence-electron chi connectivity index (χ2n) is 24.5. The molecule has 6 unspecified atom stereocenters. The molecule has 6 atom stereocenters. The number of rotatable bonds is 13. The second-order valence-corrected chi connectivity index (χ2v) is 24.5. The fourth-order valence-electron chi connectivity index (χ4n) is 13.7. The van der Waals surface area contributed by atoms with Crippen molar-refractivity contribution in [3.63, 3.8) is 0 Å². The van der Waals surface area contributed by atoms with Gasteiger partial charge in [-0.25, -0.2) is 9.98 Å². The van der Waals surface area contributed by atoms with Crippen LogP contribution in [-0.4, -0.2) is 82.1 Å². The van der Waals surface area contributed by atoms with Gasteiger partial charge < -0.3 is 0 Å². The number of aliphatic imine (C=N–C) groups is 2. The summed E-state index contributed by atoms with van der Waals surface area (Å²) in [5, 5.41) is 0. The molecule has 0 aromatic carbocycles. The molecule has 0 aromatic heterocycles. The first-order chi connectivity index (χ1) is 27.1. The molecule has 5 heteroatoms. The number of hydrogen-bond donors (Lipinski definition) is 0. The van der Waals surface area contributed by atoms with Crippen LogP contribution in [0.25, 0.3) is 0 Å². The van der Waals surface area contributed by atoms with Gasteiger partial charge >= 0.3 is 0 Å². The smallest absolute Gasteiger partial charge is 0.134 e. The normalized spacial score (nSPS) is 31.7. The van der Waals surface area contributed by atoms with Crippen LogP contribution in [0.15, 0.2) is 22.3 Å². The Hall–Kier alpha value is -1.04. The molecule has 3 aliphatic heterocycles. The summed E-state index contributed by atoms with van der Waals surface area (Å²) in [5.74, 6) is 5.05. The average Bonchev–Trinajstić information content (AvgIpc) is 4.03. The first-order valence-electron chi connectivity index (χ1n) is 25.2. The summed E-state index contributed by atoms with van der Waals surface area (Å²) >= 11 is 0. The SMILES string of the molecule is C=C(/N=C(\N=C(/C)C(C)(C)C1CCCC(C(C)(C)N2CCCC2)C1)C(C)(C)C1CCCC(C(C)(C)N2CCCC2)C1)C(C)(C)C1CCCC(C(C)(C)N2CCCC2)C1. The number of likely N-dealkylation sites (tertiary alicyclic amines) is 3. The van der Waals surface area contributed by atoms with Gasteiger partial charge in [0.25, 0.3) is 0 Å². The molecule has 6 aliphatic rings. The lowest BCUT2D eigenvalue weighted by atomic mass is 9.62. The van der Waals surface area contributed by atoms with E-state index in [1.807, 2.05) is 0 Å². The number of amidine groups is 1. The van der Waals surface area contributed by atoms with Gasteiger partial charge in [0, 0.05) is 44.3 Å². The molecule has 6 rings (SSSR count). The molecule has 58 heavy (non-hydrogen) atoms. The van der Waals surface area contributed by atoms with Crippen molar-refractivity contribution < 1.29 is 0 Å². The standard InChI is InChI=1S/C53H95N5/c1-39(48(3,4)41-24-21-27-44(36-41)51(9,10)56-30-15-16-31-56)54-47(50(7,8)43-26-23-29-46(38-43)53(13,14)58-34-19-20-35-58)55-40(2)49(5,6)42-25-22-28-45(37-42)52(11,12)57-32-17-18-33-57/h41-46H,1,15-38H2,2-14H3/b54-47-,55-40+. The Kier molecular flexibility index (Phi) is 14.4. The van der Waals surface area contributed by atoms with Crippen molar-refractivity contribution in [1.29, 1.82) is 0 Å². The Bertz CT molecular complexity index is 1440. The van der Waals surface area contributed by atoms with Gasteiger partial charge in [-0.1, -0.05) is 67.4 Å². The van der Waals surface area contributed by atoms with Gasteiger partial charge in [-0.15, -0.1) is 0 Å². The van der Waals surface area contributed by atoms with Gasteiger partial charge in [0.05, 0.1) is 0 Å². The van der Waals surface area contributed by atoms with Gasteiger partial charge in [-0.05, 0) is 220 Å². The van der Waals surface area contributed by atoms with Crippen molar-refractivity contribution in [2.45, 2.75) is 222 Å².